The van der Waals surface area contributed by atoms with Crippen molar-refractivity contribution in [3.05, 3.63) is 65.2 Å². The molecule has 3 aliphatic heterocycles. The van der Waals surface area contributed by atoms with E-state index in [1.54, 1.807) is 0 Å². The molecule has 2 aromatic carbocycles. The quantitative estimate of drug-likeness (QED) is 0.730. The normalized spacial score (nSPS) is 19.2. The number of piperidine rings is 1. The van der Waals surface area contributed by atoms with Crippen LogP contribution in [0.3, 0.4) is 0 Å². The summed E-state index contributed by atoms with van der Waals surface area (Å²) in [5.74, 6) is 0.200. The summed E-state index contributed by atoms with van der Waals surface area (Å²) >= 11 is 0. The number of hydrogen-bond donors (Lipinski definition) is 0. The molecule has 164 valence electrons. The summed E-state index contributed by atoms with van der Waals surface area (Å²) in [4.78, 5) is 31.3. The Labute approximate surface area is 189 Å². The lowest BCUT2D eigenvalue weighted by Gasteiger charge is -2.40. The van der Waals surface area contributed by atoms with Gasteiger partial charge in [0.25, 0.3) is 0 Å². The van der Waals surface area contributed by atoms with E-state index in [-0.39, 0.29) is 30.4 Å². The maximum atomic E-state index is 12.9. The van der Waals surface area contributed by atoms with Crippen LogP contribution in [-0.2, 0) is 29.1 Å². The van der Waals surface area contributed by atoms with Crippen LogP contribution < -0.4 is 4.90 Å². The lowest BCUT2D eigenvalue weighted by atomic mass is 9.99. The van der Waals surface area contributed by atoms with Crippen LogP contribution in [0.15, 0.2) is 48.5 Å². The number of carbonyl (C=O) groups is 2. The minimum Gasteiger partial charge on any atom is -0.444 e. The molecule has 0 spiro atoms. The van der Waals surface area contributed by atoms with E-state index in [4.69, 9.17) is 4.74 Å². The molecule has 31 heavy (non-hydrogen) atoms. The van der Waals surface area contributed by atoms with Crippen LogP contribution in [0, 0.1) is 0 Å². The molecule has 1 fully saturated rings. The lowest BCUT2D eigenvalue weighted by Crippen LogP contribution is -2.51. The monoisotopic (exact) mass is 441 g/mol. The Kier molecular flexibility index (Phi) is 6.49. The molecular weight excluding hydrogens is 414 g/mol. The van der Waals surface area contributed by atoms with Gasteiger partial charge in [-0.3, -0.25) is 14.6 Å². The Morgan fingerprint density at radius 2 is 1.61 bits per heavy atom. The maximum Gasteiger partial charge on any atom is 0.414 e. The number of hydrogen-bond acceptors (Lipinski definition) is 4. The number of benzene rings is 2. The van der Waals surface area contributed by atoms with E-state index in [9.17, 15) is 9.59 Å². The number of carbonyl (C=O) groups excluding carboxylic acids is 2. The van der Waals surface area contributed by atoms with Gasteiger partial charge in [0.05, 0.1) is 12.2 Å². The summed E-state index contributed by atoms with van der Waals surface area (Å²) in [5.41, 5.74) is 4.64. The standard InChI is InChI=1S/C24H27N3O3.ClH/c28-23(26-14-9-18-5-1-2-6-19(18)15-26)16-25-12-10-21(11-13-25)27-22-8-4-3-7-20(22)17-30-24(27)29;/h1-8,21H,9-17H2;1H. The predicted octanol–water partition coefficient (Wildman–Crippen LogP) is 3.61. The molecule has 6 nitrogen and oxygen atoms in total. The number of ether oxygens (including phenoxy) is 1. The summed E-state index contributed by atoms with van der Waals surface area (Å²) in [6, 6.07) is 16.5. The Bertz CT molecular complexity index is 959. The maximum absolute atomic E-state index is 12.9. The number of rotatable bonds is 3. The molecule has 0 saturated carbocycles. The number of likely N-dealkylation sites (tertiary alicyclic amines) is 1. The molecule has 0 atom stereocenters. The lowest BCUT2D eigenvalue weighted by molar-refractivity contribution is -0.133. The van der Waals surface area contributed by atoms with Crippen LogP contribution in [0.25, 0.3) is 0 Å². The van der Waals surface area contributed by atoms with E-state index >= 15 is 0 Å². The molecule has 1 saturated heterocycles. The molecule has 7 heteroatoms. The minimum atomic E-state index is -0.254. The molecule has 2 amide bonds. The van der Waals surface area contributed by atoms with E-state index in [1.807, 2.05) is 40.1 Å². The largest absolute Gasteiger partial charge is 0.444 e. The number of cyclic esters (lactones) is 1. The highest BCUT2D eigenvalue weighted by Gasteiger charge is 2.34. The first-order chi connectivity index (χ1) is 14.7. The first kappa shape index (κ1) is 21.7. The van der Waals surface area contributed by atoms with Crippen molar-refractivity contribution in [3.63, 3.8) is 0 Å². The van der Waals surface area contributed by atoms with Crippen molar-refractivity contribution >= 4 is 30.1 Å². The Balaban J connectivity index is 0.00000231. The van der Waals surface area contributed by atoms with Crippen molar-refractivity contribution in [2.24, 2.45) is 0 Å². The average Bonchev–Trinajstić information content (AvgIpc) is 2.79. The first-order valence-corrected chi connectivity index (χ1v) is 10.8. The fourth-order valence-corrected chi connectivity index (χ4v) is 4.86. The molecule has 0 aromatic heterocycles. The van der Waals surface area contributed by atoms with Crippen LogP contribution in [0.5, 0.6) is 0 Å². The summed E-state index contributed by atoms with van der Waals surface area (Å²) in [6.45, 7) is 3.93. The second-order valence-corrected chi connectivity index (χ2v) is 8.39. The smallest absolute Gasteiger partial charge is 0.414 e. The van der Waals surface area contributed by atoms with E-state index < -0.39 is 0 Å². The number of fused-ring (bicyclic) bond motifs is 2. The zero-order chi connectivity index (χ0) is 20.5. The number of anilines is 1. The highest BCUT2D eigenvalue weighted by Crippen LogP contribution is 2.31. The van der Waals surface area contributed by atoms with Gasteiger partial charge in [0, 0.05) is 37.8 Å². The Morgan fingerprint density at radius 1 is 0.935 bits per heavy atom. The van der Waals surface area contributed by atoms with Crippen LogP contribution in [-0.4, -0.2) is 54.0 Å². The number of para-hydroxylation sites is 1. The van der Waals surface area contributed by atoms with E-state index in [2.05, 4.69) is 23.1 Å². The first-order valence-electron chi connectivity index (χ1n) is 10.8. The van der Waals surface area contributed by atoms with Gasteiger partial charge in [0.1, 0.15) is 6.61 Å². The summed E-state index contributed by atoms with van der Waals surface area (Å²) in [7, 11) is 0. The van der Waals surface area contributed by atoms with Gasteiger partial charge in [0.2, 0.25) is 5.91 Å². The fourth-order valence-electron chi connectivity index (χ4n) is 4.86. The minimum absolute atomic E-state index is 0. The summed E-state index contributed by atoms with van der Waals surface area (Å²) in [6.07, 6.45) is 2.37. The third-order valence-corrected chi connectivity index (χ3v) is 6.56. The summed E-state index contributed by atoms with van der Waals surface area (Å²) in [5, 5.41) is 0. The second kappa shape index (κ2) is 9.28. The van der Waals surface area contributed by atoms with Gasteiger partial charge in [-0.25, -0.2) is 4.79 Å². The molecule has 0 bridgehead atoms. The molecule has 0 radical (unpaired) electrons. The second-order valence-electron chi connectivity index (χ2n) is 8.39. The highest BCUT2D eigenvalue weighted by molar-refractivity contribution is 5.91. The van der Waals surface area contributed by atoms with Gasteiger partial charge >= 0.3 is 6.09 Å². The van der Waals surface area contributed by atoms with Crippen LogP contribution in [0.2, 0.25) is 0 Å². The van der Waals surface area contributed by atoms with Gasteiger partial charge in [0.15, 0.2) is 0 Å². The van der Waals surface area contributed by atoms with Crippen LogP contribution in [0.1, 0.15) is 29.5 Å². The van der Waals surface area contributed by atoms with Crippen molar-refractivity contribution < 1.29 is 14.3 Å². The molecule has 3 heterocycles. The topological polar surface area (TPSA) is 53.1 Å². The van der Waals surface area contributed by atoms with E-state index in [1.165, 1.54) is 11.1 Å². The van der Waals surface area contributed by atoms with Crippen LogP contribution >= 0.6 is 12.4 Å². The van der Waals surface area contributed by atoms with Gasteiger partial charge < -0.3 is 9.64 Å². The number of halogens is 1. The molecule has 0 N–H and O–H groups in total. The van der Waals surface area contributed by atoms with E-state index in [0.717, 1.165) is 50.1 Å². The van der Waals surface area contributed by atoms with Crippen molar-refractivity contribution in [1.29, 1.82) is 0 Å². The van der Waals surface area contributed by atoms with Gasteiger partial charge in [-0.2, -0.15) is 0 Å². The zero-order valence-corrected chi connectivity index (χ0v) is 18.4. The Hall–Kier alpha value is -2.57. The van der Waals surface area contributed by atoms with Crippen molar-refractivity contribution in [2.45, 2.75) is 38.5 Å². The summed E-state index contributed by atoms with van der Waals surface area (Å²) < 4.78 is 5.38. The van der Waals surface area contributed by atoms with Crippen molar-refractivity contribution in [2.75, 3.05) is 31.1 Å². The SMILES string of the molecule is Cl.O=C(CN1CCC(N2C(=O)OCc3ccccc32)CC1)N1CCc2ccccc2C1. The fraction of sp³-hybridized carbons (Fsp3) is 0.417. The van der Waals surface area contributed by atoms with Crippen molar-refractivity contribution in [1.82, 2.24) is 9.80 Å². The van der Waals surface area contributed by atoms with Crippen molar-refractivity contribution in [3.8, 4) is 0 Å². The van der Waals surface area contributed by atoms with Crippen LogP contribution in [0.4, 0.5) is 10.5 Å². The van der Waals surface area contributed by atoms with Gasteiger partial charge in [-0.05, 0) is 36.5 Å². The molecule has 5 rings (SSSR count). The predicted molar refractivity (Wildman–Crippen MR) is 121 cm³/mol. The molecule has 0 unspecified atom stereocenters. The zero-order valence-electron chi connectivity index (χ0n) is 17.5. The number of amides is 2. The third kappa shape index (κ3) is 4.41. The van der Waals surface area contributed by atoms with Gasteiger partial charge in [-0.1, -0.05) is 42.5 Å². The molecule has 0 aliphatic carbocycles. The third-order valence-electron chi connectivity index (χ3n) is 6.56. The molecule has 2 aromatic rings. The average molecular weight is 442 g/mol. The Morgan fingerprint density at radius 3 is 2.39 bits per heavy atom. The van der Waals surface area contributed by atoms with Gasteiger partial charge in [-0.15, -0.1) is 12.4 Å². The number of nitrogens with zero attached hydrogens (tertiary/aromatic N) is 3. The highest BCUT2D eigenvalue weighted by atomic mass is 35.5. The molecule has 3 aliphatic rings. The van der Waals surface area contributed by atoms with E-state index in [0.29, 0.717) is 19.7 Å². The molecular formula is C24H28ClN3O3.